The molecule has 134 valence electrons. The molecule has 1 heterocycles. The molecule has 0 aliphatic rings. The van der Waals surface area contributed by atoms with E-state index in [4.69, 9.17) is 0 Å². The van der Waals surface area contributed by atoms with Gasteiger partial charge >= 0.3 is 0 Å². The topological polar surface area (TPSA) is 117 Å². The first-order valence-corrected chi connectivity index (χ1v) is 9.20. The van der Waals surface area contributed by atoms with Crippen LogP contribution in [-0.2, 0) is 10.0 Å². The van der Waals surface area contributed by atoms with E-state index in [9.17, 15) is 13.2 Å². The van der Waals surface area contributed by atoms with Crippen LogP contribution in [0.1, 0.15) is 21.5 Å². The van der Waals surface area contributed by atoms with Crippen molar-refractivity contribution in [2.45, 2.75) is 18.7 Å². The summed E-state index contributed by atoms with van der Waals surface area (Å²) in [6, 6.07) is 11.3. The van der Waals surface area contributed by atoms with Gasteiger partial charge in [-0.25, -0.2) is 13.5 Å². The summed E-state index contributed by atoms with van der Waals surface area (Å²) in [5, 5.41) is 8.69. The van der Waals surface area contributed by atoms with Gasteiger partial charge in [0.2, 0.25) is 5.95 Å². The summed E-state index contributed by atoms with van der Waals surface area (Å²) >= 11 is 0. The summed E-state index contributed by atoms with van der Waals surface area (Å²) in [4.78, 5) is 16.2. The number of H-pyrrole nitrogens is 1. The summed E-state index contributed by atoms with van der Waals surface area (Å²) < 4.78 is 27.7. The molecule has 0 unspecified atom stereocenters. The maximum Gasteiger partial charge on any atom is 0.261 e. The van der Waals surface area contributed by atoms with Crippen molar-refractivity contribution in [3.05, 3.63) is 65.5 Å². The van der Waals surface area contributed by atoms with Gasteiger partial charge < -0.3 is 0 Å². The second kappa shape index (κ2) is 6.96. The van der Waals surface area contributed by atoms with Gasteiger partial charge in [0.05, 0.1) is 4.90 Å². The third-order valence-electron chi connectivity index (χ3n) is 3.71. The quantitative estimate of drug-likeness (QED) is 0.637. The molecule has 0 bridgehead atoms. The summed E-state index contributed by atoms with van der Waals surface area (Å²) in [7, 11) is -3.83. The van der Waals surface area contributed by atoms with Crippen molar-refractivity contribution in [1.82, 2.24) is 15.2 Å². The Bertz CT molecular complexity index is 1030. The molecule has 8 nitrogen and oxygen atoms in total. The number of rotatable bonds is 5. The van der Waals surface area contributed by atoms with Crippen molar-refractivity contribution in [1.29, 1.82) is 0 Å². The molecule has 0 radical (unpaired) electrons. The molecule has 0 spiro atoms. The number of aromatic amines is 1. The number of carbonyl (C=O) groups excluding carboxylic acids is 1. The molecular weight excluding hydrogens is 354 g/mol. The first kappa shape index (κ1) is 17.6. The van der Waals surface area contributed by atoms with Crippen molar-refractivity contribution in [3.8, 4) is 0 Å². The predicted molar refractivity (Wildman–Crippen MR) is 97.5 cm³/mol. The zero-order chi connectivity index (χ0) is 18.7. The van der Waals surface area contributed by atoms with Crippen LogP contribution in [0.25, 0.3) is 0 Å². The summed E-state index contributed by atoms with van der Waals surface area (Å²) in [6.45, 7) is 3.64. The van der Waals surface area contributed by atoms with E-state index in [-0.39, 0.29) is 16.4 Å². The average Bonchev–Trinajstić information content (AvgIpc) is 3.10. The number of benzene rings is 2. The van der Waals surface area contributed by atoms with Crippen molar-refractivity contribution in [3.63, 3.8) is 0 Å². The van der Waals surface area contributed by atoms with Gasteiger partial charge in [-0.2, -0.15) is 10.1 Å². The van der Waals surface area contributed by atoms with Gasteiger partial charge in [0.15, 0.2) is 0 Å². The monoisotopic (exact) mass is 371 g/mol. The van der Waals surface area contributed by atoms with Crippen molar-refractivity contribution in [2.24, 2.45) is 0 Å². The fourth-order valence-corrected chi connectivity index (χ4v) is 3.37. The van der Waals surface area contributed by atoms with Crippen molar-refractivity contribution in [2.75, 3.05) is 10.0 Å². The highest BCUT2D eigenvalue weighted by Gasteiger charge is 2.19. The van der Waals surface area contributed by atoms with Gasteiger partial charge in [0, 0.05) is 11.3 Å². The number of carbonyl (C=O) groups is 1. The number of hydrogen-bond donors (Lipinski definition) is 3. The highest BCUT2D eigenvalue weighted by Crippen LogP contribution is 2.20. The van der Waals surface area contributed by atoms with Crippen LogP contribution in [0.5, 0.6) is 0 Å². The van der Waals surface area contributed by atoms with Crippen molar-refractivity contribution < 1.29 is 13.2 Å². The van der Waals surface area contributed by atoms with Crippen LogP contribution < -0.4 is 10.0 Å². The van der Waals surface area contributed by atoms with Crippen LogP contribution >= 0.6 is 0 Å². The number of anilines is 2. The van der Waals surface area contributed by atoms with Crippen LogP contribution in [0.2, 0.25) is 0 Å². The Hall–Kier alpha value is -3.20. The fourth-order valence-electron chi connectivity index (χ4n) is 2.29. The first-order chi connectivity index (χ1) is 12.3. The van der Waals surface area contributed by atoms with Gasteiger partial charge in [-0.15, -0.1) is 0 Å². The smallest absolute Gasteiger partial charge is 0.261 e. The van der Waals surface area contributed by atoms with E-state index >= 15 is 0 Å². The number of amides is 1. The van der Waals surface area contributed by atoms with E-state index in [1.165, 1.54) is 18.5 Å². The second-order valence-electron chi connectivity index (χ2n) is 5.74. The van der Waals surface area contributed by atoms with Crippen LogP contribution in [-0.4, -0.2) is 29.5 Å². The Morgan fingerprint density at radius 1 is 1.08 bits per heavy atom. The number of sulfonamides is 1. The molecule has 0 saturated heterocycles. The maximum absolute atomic E-state index is 12.6. The Kier molecular flexibility index (Phi) is 4.72. The molecule has 0 saturated carbocycles. The van der Waals surface area contributed by atoms with E-state index in [0.29, 0.717) is 11.3 Å². The summed E-state index contributed by atoms with van der Waals surface area (Å²) in [6.07, 6.45) is 1.26. The minimum atomic E-state index is -3.83. The van der Waals surface area contributed by atoms with Gasteiger partial charge in [0.1, 0.15) is 6.33 Å². The molecule has 3 aromatic rings. The van der Waals surface area contributed by atoms with Gasteiger partial charge in [-0.3, -0.25) is 14.8 Å². The van der Waals surface area contributed by atoms with Crippen LogP contribution in [0.4, 0.5) is 11.6 Å². The Morgan fingerprint density at radius 2 is 1.81 bits per heavy atom. The van der Waals surface area contributed by atoms with Gasteiger partial charge in [-0.05, 0) is 43.7 Å². The molecule has 1 amide bonds. The lowest BCUT2D eigenvalue weighted by Crippen LogP contribution is -2.17. The zero-order valence-electron chi connectivity index (χ0n) is 14.1. The maximum atomic E-state index is 12.6. The minimum Gasteiger partial charge on any atom is -0.291 e. The molecule has 0 aliphatic carbocycles. The third kappa shape index (κ3) is 3.89. The Balaban J connectivity index is 1.88. The standard InChI is InChI=1S/C17H17N5O3S/c1-11-3-6-13(7-4-11)22-26(24,25)14-8-5-12(2)15(9-14)16(23)20-17-18-10-19-21-17/h3-10,22H,1-2H3,(H2,18,19,20,21,23). The molecule has 0 fully saturated rings. The third-order valence-corrected chi connectivity index (χ3v) is 5.09. The summed E-state index contributed by atoms with van der Waals surface area (Å²) in [5.74, 6) is -0.299. The summed E-state index contributed by atoms with van der Waals surface area (Å²) in [5.41, 5.74) is 2.34. The highest BCUT2D eigenvalue weighted by atomic mass is 32.2. The molecule has 2 aromatic carbocycles. The minimum absolute atomic E-state index is 0.00797. The zero-order valence-corrected chi connectivity index (χ0v) is 15.0. The molecule has 0 atom stereocenters. The van der Waals surface area contributed by atoms with E-state index < -0.39 is 15.9 Å². The normalized spacial score (nSPS) is 11.2. The van der Waals surface area contributed by atoms with E-state index in [0.717, 1.165) is 5.56 Å². The van der Waals surface area contributed by atoms with Crippen LogP contribution in [0, 0.1) is 13.8 Å². The Labute approximate surface area is 150 Å². The molecule has 3 N–H and O–H groups in total. The predicted octanol–water partition coefficient (Wildman–Crippen LogP) is 2.47. The lowest BCUT2D eigenvalue weighted by molar-refractivity contribution is 0.102. The van der Waals surface area contributed by atoms with Gasteiger partial charge in [-0.1, -0.05) is 23.8 Å². The lowest BCUT2D eigenvalue weighted by Gasteiger charge is -2.11. The van der Waals surface area contributed by atoms with Crippen LogP contribution in [0.3, 0.4) is 0 Å². The van der Waals surface area contributed by atoms with E-state index in [2.05, 4.69) is 25.2 Å². The number of aryl methyl sites for hydroxylation is 2. The number of nitrogens with zero attached hydrogens (tertiary/aromatic N) is 2. The number of hydrogen-bond acceptors (Lipinski definition) is 5. The molecule has 9 heteroatoms. The number of aromatic nitrogens is 3. The molecule has 26 heavy (non-hydrogen) atoms. The molecule has 3 rings (SSSR count). The largest absolute Gasteiger partial charge is 0.291 e. The van der Waals surface area contributed by atoms with Gasteiger partial charge in [0.25, 0.3) is 15.9 Å². The highest BCUT2D eigenvalue weighted by molar-refractivity contribution is 7.92. The molecule has 1 aromatic heterocycles. The Morgan fingerprint density at radius 3 is 2.46 bits per heavy atom. The first-order valence-electron chi connectivity index (χ1n) is 7.72. The van der Waals surface area contributed by atoms with E-state index in [1.807, 2.05) is 19.1 Å². The molecular formula is C17H17N5O3S. The SMILES string of the molecule is Cc1ccc(NS(=O)(=O)c2ccc(C)c(C(=O)Nc3ncn[nH]3)c2)cc1. The van der Waals surface area contributed by atoms with Crippen LogP contribution in [0.15, 0.2) is 53.7 Å². The fraction of sp³-hybridized carbons (Fsp3) is 0.118. The lowest BCUT2D eigenvalue weighted by atomic mass is 10.1. The van der Waals surface area contributed by atoms with Crippen molar-refractivity contribution >= 4 is 27.6 Å². The second-order valence-corrected chi connectivity index (χ2v) is 7.42. The molecule has 0 aliphatic heterocycles. The van der Waals surface area contributed by atoms with E-state index in [1.54, 1.807) is 25.1 Å². The number of nitrogens with one attached hydrogen (secondary N) is 3. The average molecular weight is 371 g/mol.